The topological polar surface area (TPSA) is 53.8 Å². The van der Waals surface area contributed by atoms with E-state index in [1.54, 1.807) is 36.5 Å². The molecular weight excluding hydrogens is 328 g/mol. The molecule has 2 rings (SSSR count). The Morgan fingerprint density at radius 2 is 2.21 bits per heavy atom. The number of carbonyl (C=O) groups excluding carboxylic acids is 1. The molecule has 0 N–H and O–H groups in total. The molecule has 0 aliphatic rings. The van der Waals surface area contributed by atoms with Gasteiger partial charge < -0.3 is 0 Å². The molecule has 1 aromatic carbocycles. The highest BCUT2D eigenvalue weighted by Crippen LogP contribution is 2.27. The second-order valence-corrected chi connectivity index (χ2v) is 5.16. The minimum absolute atomic E-state index is 0.323. The summed E-state index contributed by atoms with van der Waals surface area (Å²) >= 11 is 9.31. The van der Waals surface area contributed by atoms with Crippen LogP contribution < -0.4 is 0 Å². The van der Waals surface area contributed by atoms with Gasteiger partial charge >= 0.3 is 0 Å². The zero-order chi connectivity index (χ0) is 13.8. The van der Waals surface area contributed by atoms with Crippen LogP contribution in [0.15, 0.2) is 47.2 Å². The molecule has 94 valence electrons. The van der Waals surface area contributed by atoms with E-state index >= 15 is 0 Å². The molecule has 19 heavy (non-hydrogen) atoms. The van der Waals surface area contributed by atoms with Gasteiger partial charge in [0.15, 0.2) is 5.78 Å². The molecular formula is C14H8BrClN2O. The number of nitriles is 1. The smallest absolute Gasteiger partial charge is 0.186 e. The number of ketones is 1. The van der Waals surface area contributed by atoms with E-state index in [2.05, 4.69) is 20.9 Å². The molecule has 0 saturated heterocycles. The van der Waals surface area contributed by atoms with E-state index in [1.807, 2.05) is 6.07 Å². The van der Waals surface area contributed by atoms with Gasteiger partial charge in [-0.1, -0.05) is 33.6 Å². The number of rotatable bonds is 3. The highest BCUT2D eigenvalue weighted by atomic mass is 79.9. The Kier molecular flexibility index (Phi) is 4.31. The highest BCUT2D eigenvalue weighted by Gasteiger charge is 2.23. The Bertz CT molecular complexity index is 652. The minimum Gasteiger partial charge on any atom is -0.292 e. The predicted molar refractivity (Wildman–Crippen MR) is 76.1 cm³/mol. The number of hydrogen-bond acceptors (Lipinski definition) is 3. The summed E-state index contributed by atoms with van der Waals surface area (Å²) in [6.07, 6.45) is 3.10. The third-order valence-electron chi connectivity index (χ3n) is 2.61. The summed E-state index contributed by atoms with van der Waals surface area (Å²) in [6.45, 7) is 0. The van der Waals surface area contributed by atoms with Gasteiger partial charge in [0.2, 0.25) is 0 Å². The zero-order valence-corrected chi connectivity index (χ0v) is 12.0. The predicted octanol–water partition coefficient (Wildman–Crippen LogP) is 3.99. The average molecular weight is 336 g/mol. The van der Waals surface area contributed by atoms with Gasteiger partial charge in [-0.3, -0.25) is 9.78 Å². The van der Waals surface area contributed by atoms with Gasteiger partial charge in [0.25, 0.3) is 0 Å². The van der Waals surface area contributed by atoms with Crippen LogP contribution in [0.3, 0.4) is 0 Å². The molecule has 3 nitrogen and oxygen atoms in total. The Morgan fingerprint density at radius 3 is 2.79 bits per heavy atom. The van der Waals surface area contributed by atoms with E-state index < -0.39 is 5.92 Å². The number of halogens is 2. The van der Waals surface area contributed by atoms with Crippen LogP contribution in [0, 0.1) is 11.3 Å². The minimum atomic E-state index is -0.896. The first-order valence-electron chi connectivity index (χ1n) is 5.42. The first kappa shape index (κ1) is 13.7. The van der Waals surface area contributed by atoms with Gasteiger partial charge in [0, 0.05) is 22.4 Å². The van der Waals surface area contributed by atoms with Gasteiger partial charge in [0.1, 0.15) is 5.92 Å². The van der Waals surface area contributed by atoms with E-state index in [4.69, 9.17) is 11.6 Å². The summed E-state index contributed by atoms with van der Waals surface area (Å²) in [5.41, 5.74) is 0.897. The van der Waals surface area contributed by atoms with Gasteiger partial charge in [-0.25, -0.2) is 0 Å². The Labute approximate surface area is 124 Å². The molecule has 0 aliphatic carbocycles. The van der Waals surface area contributed by atoms with E-state index in [-0.39, 0.29) is 5.78 Å². The summed E-state index contributed by atoms with van der Waals surface area (Å²) in [4.78, 5) is 16.3. The van der Waals surface area contributed by atoms with Crippen LogP contribution in [0.2, 0.25) is 5.02 Å². The molecule has 5 heteroatoms. The van der Waals surface area contributed by atoms with Crippen molar-refractivity contribution in [3.8, 4) is 6.07 Å². The molecule has 1 atom stereocenters. The van der Waals surface area contributed by atoms with E-state index in [0.717, 1.165) is 4.47 Å². The van der Waals surface area contributed by atoms with Crippen molar-refractivity contribution in [3.63, 3.8) is 0 Å². The van der Waals surface area contributed by atoms with Crippen LogP contribution in [0.5, 0.6) is 0 Å². The van der Waals surface area contributed by atoms with Crippen molar-refractivity contribution >= 4 is 33.3 Å². The molecule has 0 saturated carbocycles. The second kappa shape index (κ2) is 5.96. The van der Waals surface area contributed by atoms with Gasteiger partial charge in [-0.15, -0.1) is 0 Å². The normalized spacial score (nSPS) is 11.6. The number of benzene rings is 1. The lowest BCUT2D eigenvalue weighted by molar-refractivity contribution is 0.0979. The molecule has 0 radical (unpaired) electrons. The Morgan fingerprint density at radius 1 is 1.42 bits per heavy atom. The van der Waals surface area contributed by atoms with E-state index in [9.17, 15) is 10.1 Å². The molecule has 1 unspecified atom stereocenters. The molecule has 0 aliphatic heterocycles. The number of nitrogens with zero attached hydrogens (tertiary/aromatic N) is 2. The third kappa shape index (κ3) is 3.01. The summed E-state index contributed by atoms with van der Waals surface area (Å²) in [6, 6.07) is 10.3. The SMILES string of the molecule is N#CC(C(=O)c1ccc(Br)cc1Cl)c1cccnc1. The lowest BCUT2D eigenvalue weighted by Gasteiger charge is -2.09. The fourth-order valence-electron chi connectivity index (χ4n) is 1.68. The molecule has 0 spiro atoms. The van der Waals surface area contributed by atoms with Crippen LogP contribution in [0.1, 0.15) is 21.8 Å². The van der Waals surface area contributed by atoms with Gasteiger partial charge in [-0.05, 0) is 29.8 Å². The van der Waals surface area contributed by atoms with Crippen molar-refractivity contribution in [2.45, 2.75) is 5.92 Å². The summed E-state index contributed by atoms with van der Waals surface area (Å²) in [7, 11) is 0. The van der Waals surface area contributed by atoms with Crippen molar-refractivity contribution in [2.24, 2.45) is 0 Å². The number of pyridine rings is 1. The van der Waals surface area contributed by atoms with Crippen molar-refractivity contribution < 1.29 is 4.79 Å². The van der Waals surface area contributed by atoms with Gasteiger partial charge in [-0.2, -0.15) is 5.26 Å². The maximum absolute atomic E-state index is 12.4. The monoisotopic (exact) mass is 334 g/mol. The molecule has 1 aromatic heterocycles. The Balaban J connectivity index is 2.40. The number of hydrogen-bond donors (Lipinski definition) is 0. The van der Waals surface area contributed by atoms with Crippen LogP contribution in [0.4, 0.5) is 0 Å². The molecule has 0 bridgehead atoms. The maximum Gasteiger partial charge on any atom is 0.186 e. The lowest BCUT2D eigenvalue weighted by atomic mass is 9.93. The van der Waals surface area contributed by atoms with Crippen molar-refractivity contribution in [2.75, 3.05) is 0 Å². The zero-order valence-electron chi connectivity index (χ0n) is 9.68. The summed E-state index contributed by atoms with van der Waals surface area (Å²) < 4.78 is 0.781. The number of Topliss-reactive ketones (excluding diaryl/α,β-unsaturated/α-hetero) is 1. The molecule has 0 fully saturated rings. The third-order valence-corrected chi connectivity index (χ3v) is 3.41. The molecule has 1 heterocycles. The summed E-state index contributed by atoms with van der Waals surface area (Å²) in [5.74, 6) is -1.22. The van der Waals surface area contributed by atoms with Gasteiger partial charge in [0.05, 0.1) is 11.1 Å². The van der Waals surface area contributed by atoms with E-state index in [0.29, 0.717) is 16.1 Å². The lowest BCUT2D eigenvalue weighted by Crippen LogP contribution is -2.12. The fraction of sp³-hybridized carbons (Fsp3) is 0.0714. The van der Waals surface area contributed by atoms with Crippen molar-refractivity contribution in [1.29, 1.82) is 5.26 Å². The standard InChI is InChI=1S/C14H8BrClN2O/c15-10-3-4-11(13(16)6-10)14(19)12(7-17)9-2-1-5-18-8-9/h1-6,8,12H. The first-order chi connectivity index (χ1) is 9.13. The summed E-state index contributed by atoms with van der Waals surface area (Å²) in [5, 5.41) is 9.53. The molecule has 0 amide bonds. The first-order valence-corrected chi connectivity index (χ1v) is 6.59. The van der Waals surface area contributed by atoms with Crippen molar-refractivity contribution in [1.82, 2.24) is 4.98 Å². The molecule has 2 aromatic rings. The maximum atomic E-state index is 12.4. The number of carbonyl (C=O) groups is 1. The van der Waals surface area contributed by atoms with E-state index in [1.165, 1.54) is 6.20 Å². The highest BCUT2D eigenvalue weighted by molar-refractivity contribution is 9.10. The fourth-order valence-corrected chi connectivity index (χ4v) is 2.44. The second-order valence-electron chi connectivity index (χ2n) is 3.84. The van der Waals surface area contributed by atoms with Crippen LogP contribution in [-0.4, -0.2) is 10.8 Å². The largest absolute Gasteiger partial charge is 0.292 e. The average Bonchev–Trinajstić information content (AvgIpc) is 2.40. The van der Waals surface area contributed by atoms with Crippen molar-refractivity contribution in [3.05, 3.63) is 63.3 Å². The van der Waals surface area contributed by atoms with Crippen LogP contribution in [-0.2, 0) is 0 Å². The van der Waals surface area contributed by atoms with Crippen LogP contribution >= 0.6 is 27.5 Å². The Hall–Kier alpha value is -1.70. The number of aromatic nitrogens is 1. The van der Waals surface area contributed by atoms with Crippen LogP contribution in [0.25, 0.3) is 0 Å². The quantitative estimate of drug-likeness (QED) is 0.797.